The van der Waals surface area contributed by atoms with Crippen LogP contribution >= 0.6 is 0 Å². The summed E-state index contributed by atoms with van der Waals surface area (Å²) in [6, 6.07) is 9.42. The predicted octanol–water partition coefficient (Wildman–Crippen LogP) is 3.33. The number of hydrogen-bond donors (Lipinski definition) is 0. The molecule has 0 amide bonds. The Morgan fingerprint density at radius 2 is 2.06 bits per heavy atom. The third-order valence-electron chi connectivity index (χ3n) is 3.23. The van der Waals surface area contributed by atoms with E-state index in [4.69, 9.17) is 5.26 Å². The van der Waals surface area contributed by atoms with Crippen LogP contribution in [0.4, 0.5) is 0 Å². The summed E-state index contributed by atoms with van der Waals surface area (Å²) in [4.78, 5) is 11.9. The van der Waals surface area contributed by atoms with Gasteiger partial charge in [-0.15, -0.1) is 0 Å². The Morgan fingerprint density at radius 1 is 1.35 bits per heavy atom. The van der Waals surface area contributed by atoms with Crippen LogP contribution in [0, 0.1) is 17.2 Å². The number of benzene rings is 1. The van der Waals surface area contributed by atoms with E-state index in [1.807, 2.05) is 25.1 Å². The van der Waals surface area contributed by atoms with E-state index >= 15 is 0 Å². The van der Waals surface area contributed by atoms with Crippen molar-refractivity contribution in [3.05, 3.63) is 41.0 Å². The van der Waals surface area contributed by atoms with E-state index in [9.17, 15) is 4.79 Å². The number of allylic oxidation sites excluding steroid dienone is 1. The number of carbonyl (C=O) groups is 1. The molecule has 1 aliphatic carbocycles. The van der Waals surface area contributed by atoms with Crippen molar-refractivity contribution in [3.63, 3.8) is 0 Å². The van der Waals surface area contributed by atoms with E-state index in [-0.39, 0.29) is 11.7 Å². The SMILES string of the molecule is C[C@@H]1CCC/C(=C\c2ccc(C#N)cc2)C1=O. The fourth-order valence-electron chi connectivity index (χ4n) is 2.17. The summed E-state index contributed by atoms with van der Waals surface area (Å²) >= 11 is 0. The number of hydrogen-bond acceptors (Lipinski definition) is 2. The van der Waals surface area contributed by atoms with E-state index in [1.54, 1.807) is 12.1 Å². The lowest BCUT2D eigenvalue weighted by molar-refractivity contribution is -0.119. The molecule has 2 nitrogen and oxygen atoms in total. The third kappa shape index (κ3) is 2.62. The van der Waals surface area contributed by atoms with Crippen molar-refractivity contribution in [2.45, 2.75) is 26.2 Å². The van der Waals surface area contributed by atoms with E-state index < -0.39 is 0 Å². The van der Waals surface area contributed by atoms with E-state index in [1.165, 1.54) is 0 Å². The number of nitriles is 1. The van der Waals surface area contributed by atoms with Crippen LogP contribution in [0.3, 0.4) is 0 Å². The van der Waals surface area contributed by atoms with Crippen LogP contribution in [0.25, 0.3) is 6.08 Å². The fourth-order valence-corrected chi connectivity index (χ4v) is 2.17. The molecule has 1 atom stereocenters. The maximum absolute atomic E-state index is 11.9. The Kier molecular flexibility index (Phi) is 3.39. The zero-order valence-corrected chi connectivity index (χ0v) is 9.94. The molecule has 0 bridgehead atoms. The van der Waals surface area contributed by atoms with Crippen molar-refractivity contribution in [2.75, 3.05) is 0 Å². The number of carbonyl (C=O) groups excluding carboxylic acids is 1. The molecule has 0 heterocycles. The van der Waals surface area contributed by atoms with Crippen molar-refractivity contribution >= 4 is 11.9 Å². The van der Waals surface area contributed by atoms with Crippen LogP contribution in [0.5, 0.6) is 0 Å². The highest BCUT2D eigenvalue weighted by atomic mass is 16.1. The average Bonchev–Trinajstić information content (AvgIpc) is 2.36. The summed E-state index contributed by atoms with van der Waals surface area (Å²) < 4.78 is 0. The molecule has 0 aromatic heterocycles. The van der Waals surface area contributed by atoms with Gasteiger partial charge in [0.05, 0.1) is 11.6 Å². The second kappa shape index (κ2) is 4.97. The van der Waals surface area contributed by atoms with Crippen LogP contribution in [-0.4, -0.2) is 5.78 Å². The maximum atomic E-state index is 11.9. The molecule has 1 saturated carbocycles. The van der Waals surface area contributed by atoms with Crippen molar-refractivity contribution in [2.24, 2.45) is 5.92 Å². The van der Waals surface area contributed by atoms with Gasteiger partial charge in [-0.3, -0.25) is 4.79 Å². The molecule has 1 aromatic carbocycles. The summed E-state index contributed by atoms with van der Waals surface area (Å²) in [5, 5.41) is 8.71. The molecule has 0 unspecified atom stereocenters. The van der Waals surface area contributed by atoms with Gasteiger partial charge in [-0.25, -0.2) is 0 Å². The molecular weight excluding hydrogens is 210 g/mol. The van der Waals surface area contributed by atoms with Gasteiger partial charge in [0, 0.05) is 5.92 Å². The number of rotatable bonds is 1. The average molecular weight is 225 g/mol. The molecule has 1 aliphatic rings. The summed E-state index contributed by atoms with van der Waals surface area (Å²) in [5.41, 5.74) is 2.57. The zero-order valence-electron chi connectivity index (χ0n) is 9.94. The predicted molar refractivity (Wildman–Crippen MR) is 67.2 cm³/mol. The van der Waals surface area contributed by atoms with Crippen LogP contribution in [0.2, 0.25) is 0 Å². The van der Waals surface area contributed by atoms with Gasteiger partial charge in [-0.05, 0) is 48.6 Å². The lowest BCUT2D eigenvalue weighted by Crippen LogP contribution is -2.18. The molecule has 1 fully saturated rings. The molecule has 17 heavy (non-hydrogen) atoms. The first kappa shape index (κ1) is 11.6. The molecule has 2 rings (SSSR count). The van der Waals surface area contributed by atoms with Gasteiger partial charge in [0.1, 0.15) is 0 Å². The third-order valence-corrected chi connectivity index (χ3v) is 3.23. The summed E-state index contributed by atoms with van der Waals surface area (Å²) in [7, 11) is 0. The molecule has 0 N–H and O–H groups in total. The second-order valence-corrected chi connectivity index (χ2v) is 4.56. The van der Waals surface area contributed by atoms with E-state index in [0.29, 0.717) is 5.56 Å². The monoisotopic (exact) mass is 225 g/mol. The Morgan fingerprint density at radius 3 is 2.71 bits per heavy atom. The Balaban J connectivity index is 2.23. The fraction of sp³-hybridized carbons (Fsp3) is 0.333. The molecule has 0 spiro atoms. The minimum absolute atomic E-state index is 0.161. The van der Waals surface area contributed by atoms with Gasteiger partial charge in [0.2, 0.25) is 0 Å². The zero-order chi connectivity index (χ0) is 12.3. The van der Waals surface area contributed by atoms with Gasteiger partial charge in [0.15, 0.2) is 5.78 Å². The summed E-state index contributed by atoms with van der Waals surface area (Å²) in [5.74, 6) is 0.439. The van der Waals surface area contributed by atoms with Crippen molar-refractivity contribution in [1.82, 2.24) is 0 Å². The first-order valence-electron chi connectivity index (χ1n) is 5.95. The molecule has 0 aliphatic heterocycles. The van der Waals surface area contributed by atoms with Gasteiger partial charge in [-0.1, -0.05) is 19.1 Å². The van der Waals surface area contributed by atoms with Crippen molar-refractivity contribution in [3.8, 4) is 6.07 Å². The van der Waals surface area contributed by atoms with E-state index in [2.05, 4.69) is 6.07 Å². The first-order chi connectivity index (χ1) is 8.20. The minimum Gasteiger partial charge on any atom is -0.294 e. The smallest absolute Gasteiger partial charge is 0.161 e. The van der Waals surface area contributed by atoms with Crippen LogP contribution in [0.1, 0.15) is 37.3 Å². The Labute approximate surface area is 102 Å². The van der Waals surface area contributed by atoms with E-state index in [0.717, 1.165) is 30.4 Å². The van der Waals surface area contributed by atoms with Crippen LogP contribution in [-0.2, 0) is 4.79 Å². The largest absolute Gasteiger partial charge is 0.294 e. The molecule has 1 aromatic rings. The normalized spacial score (nSPS) is 22.5. The summed E-state index contributed by atoms with van der Waals surface area (Å²) in [6.45, 7) is 1.99. The topological polar surface area (TPSA) is 40.9 Å². The molecule has 0 saturated heterocycles. The van der Waals surface area contributed by atoms with Gasteiger partial charge in [0.25, 0.3) is 0 Å². The standard InChI is InChI=1S/C15H15NO/c1-11-3-2-4-14(15(11)17)9-12-5-7-13(10-16)8-6-12/h5-9,11H,2-4H2,1H3/b14-9+/t11-/m1/s1. The minimum atomic E-state index is 0.161. The molecule has 86 valence electrons. The van der Waals surface area contributed by atoms with Gasteiger partial charge in [-0.2, -0.15) is 5.26 Å². The number of Topliss-reactive ketones (excluding diaryl/α,β-unsaturated/α-hetero) is 1. The highest BCUT2D eigenvalue weighted by molar-refractivity contribution is 6.01. The number of nitrogens with zero attached hydrogens (tertiary/aromatic N) is 1. The van der Waals surface area contributed by atoms with Crippen LogP contribution in [0.15, 0.2) is 29.8 Å². The molecule has 0 radical (unpaired) electrons. The lowest BCUT2D eigenvalue weighted by Gasteiger charge is -2.19. The van der Waals surface area contributed by atoms with Crippen molar-refractivity contribution < 1.29 is 4.79 Å². The molecular formula is C15H15NO. The van der Waals surface area contributed by atoms with Gasteiger partial charge >= 0.3 is 0 Å². The maximum Gasteiger partial charge on any atom is 0.161 e. The Bertz CT molecular complexity index is 491. The summed E-state index contributed by atoms with van der Waals surface area (Å²) in [6.07, 6.45) is 4.93. The quantitative estimate of drug-likeness (QED) is 0.688. The van der Waals surface area contributed by atoms with Crippen molar-refractivity contribution in [1.29, 1.82) is 5.26 Å². The second-order valence-electron chi connectivity index (χ2n) is 4.56. The number of ketones is 1. The molecule has 2 heteroatoms. The highest BCUT2D eigenvalue weighted by Gasteiger charge is 2.22. The van der Waals surface area contributed by atoms with Gasteiger partial charge < -0.3 is 0 Å². The highest BCUT2D eigenvalue weighted by Crippen LogP contribution is 2.26. The van der Waals surface area contributed by atoms with Crippen LogP contribution < -0.4 is 0 Å². The lowest BCUT2D eigenvalue weighted by atomic mass is 9.84. The Hall–Kier alpha value is -1.88. The first-order valence-corrected chi connectivity index (χ1v) is 5.95.